The van der Waals surface area contributed by atoms with Crippen LogP contribution in [-0.4, -0.2) is 27.4 Å². The van der Waals surface area contributed by atoms with E-state index in [4.69, 9.17) is 13.7 Å². The molecule has 0 aliphatic heterocycles. The van der Waals surface area contributed by atoms with E-state index in [1.165, 1.54) is 11.8 Å². The van der Waals surface area contributed by atoms with Gasteiger partial charge in [0, 0.05) is 6.42 Å². The van der Waals surface area contributed by atoms with Crippen molar-refractivity contribution < 1.29 is 13.7 Å². The fraction of sp³-hybridized carbons (Fsp3) is 0.333. The normalized spacial score (nSPS) is 10.9. The summed E-state index contributed by atoms with van der Waals surface area (Å²) in [5, 5.41) is 12.4. The molecule has 0 amide bonds. The first-order chi connectivity index (χ1) is 11.3. The Labute approximate surface area is 137 Å². The number of hydrogen-bond donors (Lipinski definition) is 0. The molecule has 0 aliphatic rings. The SMILES string of the molecule is CCCc1noc(CSc2nnc(-c3ccccc3OC)o2)n1. The first-order valence-electron chi connectivity index (χ1n) is 7.21. The maximum atomic E-state index is 5.66. The zero-order valence-corrected chi connectivity index (χ0v) is 13.7. The molecule has 0 spiro atoms. The summed E-state index contributed by atoms with van der Waals surface area (Å²) in [6, 6.07) is 7.50. The Morgan fingerprint density at radius 3 is 2.91 bits per heavy atom. The van der Waals surface area contributed by atoms with Crippen LogP contribution in [0, 0.1) is 0 Å². The van der Waals surface area contributed by atoms with Crippen LogP contribution < -0.4 is 4.74 Å². The van der Waals surface area contributed by atoms with Crippen molar-refractivity contribution in [2.75, 3.05) is 7.11 Å². The van der Waals surface area contributed by atoms with Gasteiger partial charge < -0.3 is 13.7 Å². The Balaban J connectivity index is 1.67. The lowest BCUT2D eigenvalue weighted by molar-refractivity contribution is 0.384. The molecular weight excluding hydrogens is 316 g/mol. The van der Waals surface area contributed by atoms with Crippen LogP contribution in [0.25, 0.3) is 11.5 Å². The summed E-state index contributed by atoms with van der Waals surface area (Å²) in [6.45, 7) is 2.07. The minimum atomic E-state index is 0.419. The molecule has 0 aliphatic carbocycles. The van der Waals surface area contributed by atoms with Gasteiger partial charge in [-0.1, -0.05) is 36.0 Å². The van der Waals surface area contributed by atoms with E-state index >= 15 is 0 Å². The molecule has 0 unspecified atom stereocenters. The van der Waals surface area contributed by atoms with Gasteiger partial charge >= 0.3 is 0 Å². The van der Waals surface area contributed by atoms with Gasteiger partial charge in [-0.3, -0.25) is 0 Å². The van der Waals surface area contributed by atoms with Gasteiger partial charge in [-0.25, -0.2) is 0 Å². The van der Waals surface area contributed by atoms with E-state index in [0.29, 0.717) is 28.5 Å². The summed E-state index contributed by atoms with van der Waals surface area (Å²) in [5.74, 6) is 2.87. The molecule has 3 rings (SSSR count). The third-order valence-corrected chi connectivity index (χ3v) is 3.85. The summed E-state index contributed by atoms with van der Waals surface area (Å²) in [4.78, 5) is 4.30. The van der Waals surface area contributed by atoms with Gasteiger partial charge in [-0.15, -0.1) is 10.2 Å². The van der Waals surface area contributed by atoms with Crippen molar-refractivity contribution in [1.29, 1.82) is 0 Å². The number of hydrogen-bond acceptors (Lipinski definition) is 8. The second-order valence-corrected chi connectivity index (χ2v) is 5.64. The Hall–Kier alpha value is -2.35. The fourth-order valence-electron chi connectivity index (χ4n) is 2.00. The van der Waals surface area contributed by atoms with Crippen molar-refractivity contribution in [3.63, 3.8) is 0 Å². The van der Waals surface area contributed by atoms with Crippen LogP contribution in [0.3, 0.4) is 0 Å². The monoisotopic (exact) mass is 332 g/mol. The molecule has 120 valence electrons. The van der Waals surface area contributed by atoms with E-state index < -0.39 is 0 Å². The Morgan fingerprint density at radius 1 is 1.22 bits per heavy atom. The predicted molar refractivity (Wildman–Crippen MR) is 84.1 cm³/mol. The molecule has 0 atom stereocenters. The molecule has 3 aromatic rings. The van der Waals surface area contributed by atoms with Gasteiger partial charge in [-0.05, 0) is 18.6 Å². The van der Waals surface area contributed by atoms with Crippen molar-refractivity contribution in [1.82, 2.24) is 20.3 Å². The van der Waals surface area contributed by atoms with Crippen molar-refractivity contribution in [3.8, 4) is 17.2 Å². The van der Waals surface area contributed by atoms with E-state index in [2.05, 4.69) is 27.3 Å². The number of methoxy groups -OCH3 is 1. The Kier molecular flexibility index (Phi) is 4.92. The summed E-state index contributed by atoms with van der Waals surface area (Å²) in [5.41, 5.74) is 0.761. The summed E-state index contributed by atoms with van der Waals surface area (Å²) < 4.78 is 16.1. The first-order valence-corrected chi connectivity index (χ1v) is 8.20. The van der Waals surface area contributed by atoms with E-state index in [9.17, 15) is 0 Å². The van der Waals surface area contributed by atoms with Gasteiger partial charge in [0.25, 0.3) is 11.1 Å². The van der Waals surface area contributed by atoms with Gasteiger partial charge in [0.2, 0.25) is 5.89 Å². The maximum Gasteiger partial charge on any atom is 0.277 e. The first kappa shape index (κ1) is 15.5. The molecule has 0 N–H and O–H groups in total. The third-order valence-electron chi connectivity index (χ3n) is 3.05. The highest BCUT2D eigenvalue weighted by Crippen LogP contribution is 2.31. The highest BCUT2D eigenvalue weighted by atomic mass is 32.2. The lowest BCUT2D eigenvalue weighted by atomic mass is 10.2. The predicted octanol–water partition coefficient (Wildman–Crippen LogP) is 3.37. The van der Waals surface area contributed by atoms with Crippen LogP contribution in [0.4, 0.5) is 0 Å². The van der Waals surface area contributed by atoms with Crippen LogP contribution in [0.5, 0.6) is 5.75 Å². The smallest absolute Gasteiger partial charge is 0.277 e. The van der Waals surface area contributed by atoms with Crippen molar-refractivity contribution in [3.05, 3.63) is 36.0 Å². The summed E-state index contributed by atoms with van der Waals surface area (Å²) in [6.07, 6.45) is 1.80. The van der Waals surface area contributed by atoms with Crippen LogP contribution in [0.15, 0.2) is 38.4 Å². The molecule has 0 bridgehead atoms. The second-order valence-electron chi connectivity index (χ2n) is 4.72. The van der Waals surface area contributed by atoms with Crippen molar-refractivity contribution >= 4 is 11.8 Å². The Morgan fingerprint density at radius 2 is 2.09 bits per heavy atom. The van der Waals surface area contributed by atoms with Crippen LogP contribution in [0.2, 0.25) is 0 Å². The summed E-state index contributed by atoms with van der Waals surface area (Å²) >= 11 is 1.36. The van der Waals surface area contributed by atoms with Crippen LogP contribution in [-0.2, 0) is 12.2 Å². The number of ether oxygens (including phenoxy) is 1. The number of benzene rings is 1. The molecule has 0 radical (unpaired) electrons. The lowest BCUT2D eigenvalue weighted by Crippen LogP contribution is -1.87. The van der Waals surface area contributed by atoms with Gasteiger partial charge in [0.05, 0.1) is 18.4 Å². The highest BCUT2D eigenvalue weighted by molar-refractivity contribution is 7.98. The quantitative estimate of drug-likeness (QED) is 0.609. The van der Waals surface area contributed by atoms with Crippen LogP contribution >= 0.6 is 11.8 Å². The molecule has 1 aromatic carbocycles. The van der Waals surface area contributed by atoms with Gasteiger partial charge in [0.15, 0.2) is 5.82 Å². The fourth-order valence-corrected chi connectivity index (χ4v) is 2.60. The van der Waals surface area contributed by atoms with Gasteiger partial charge in [-0.2, -0.15) is 4.98 Å². The minimum absolute atomic E-state index is 0.419. The molecule has 7 nitrogen and oxygen atoms in total. The number of nitrogens with zero attached hydrogens (tertiary/aromatic N) is 4. The number of aromatic nitrogens is 4. The molecule has 0 saturated carbocycles. The zero-order valence-electron chi connectivity index (χ0n) is 12.9. The number of rotatable bonds is 7. The number of para-hydroxylation sites is 1. The van der Waals surface area contributed by atoms with Gasteiger partial charge in [0.1, 0.15) is 5.75 Å². The molecule has 2 heterocycles. The molecule has 23 heavy (non-hydrogen) atoms. The van der Waals surface area contributed by atoms with Crippen molar-refractivity contribution in [2.45, 2.75) is 30.7 Å². The van der Waals surface area contributed by atoms with Crippen LogP contribution in [0.1, 0.15) is 25.1 Å². The molecule has 2 aromatic heterocycles. The van der Waals surface area contributed by atoms with E-state index in [1.807, 2.05) is 24.3 Å². The highest BCUT2D eigenvalue weighted by Gasteiger charge is 2.14. The molecule has 8 heteroatoms. The maximum absolute atomic E-state index is 5.66. The van der Waals surface area contributed by atoms with Crippen molar-refractivity contribution in [2.24, 2.45) is 0 Å². The third kappa shape index (κ3) is 3.70. The number of aryl methyl sites for hydroxylation is 1. The minimum Gasteiger partial charge on any atom is -0.496 e. The average molecular weight is 332 g/mol. The standard InChI is InChI=1S/C15H16N4O3S/c1-3-6-12-16-13(22-19-12)9-23-15-18-17-14(21-15)10-7-4-5-8-11(10)20-2/h4-5,7-8H,3,6,9H2,1-2H3. The van der Waals surface area contributed by atoms with E-state index in [-0.39, 0.29) is 0 Å². The average Bonchev–Trinajstić information content (AvgIpc) is 3.22. The second kappa shape index (κ2) is 7.28. The Bertz CT molecular complexity index is 771. The van der Waals surface area contributed by atoms with E-state index in [1.54, 1.807) is 7.11 Å². The largest absolute Gasteiger partial charge is 0.496 e. The lowest BCUT2D eigenvalue weighted by Gasteiger charge is -2.03. The molecular formula is C15H16N4O3S. The number of thioether (sulfide) groups is 1. The summed E-state index contributed by atoms with van der Waals surface area (Å²) in [7, 11) is 1.61. The topological polar surface area (TPSA) is 87.1 Å². The molecule has 0 saturated heterocycles. The van der Waals surface area contributed by atoms with E-state index in [0.717, 1.165) is 24.2 Å². The zero-order chi connectivity index (χ0) is 16.1. The molecule has 0 fully saturated rings.